The van der Waals surface area contributed by atoms with E-state index in [9.17, 15) is 4.79 Å². The van der Waals surface area contributed by atoms with Gasteiger partial charge in [-0.25, -0.2) is 0 Å². The molecule has 1 heterocycles. The lowest BCUT2D eigenvalue weighted by Gasteiger charge is -1.98. The first-order valence-corrected chi connectivity index (χ1v) is 5.45. The number of aliphatic hydroxyl groups is 1. The summed E-state index contributed by atoms with van der Waals surface area (Å²) in [4.78, 5) is 12.1. The lowest BCUT2D eigenvalue weighted by atomic mass is 10.3. The molecule has 0 saturated heterocycles. The number of ketones is 1. The van der Waals surface area contributed by atoms with Gasteiger partial charge in [-0.2, -0.15) is 0 Å². The quantitative estimate of drug-likeness (QED) is 0.622. The zero-order valence-corrected chi connectivity index (χ0v) is 9.32. The van der Waals surface area contributed by atoms with Crippen LogP contribution >= 0.6 is 27.3 Å². The highest BCUT2D eigenvalue weighted by molar-refractivity contribution is 9.11. The minimum Gasteiger partial charge on any atom is -0.395 e. The zero-order valence-electron chi connectivity index (χ0n) is 6.92. The average molecular weight is 264 g/mol. The first-order chi connectivity index (χ1) is 6.24. The molecule has 0 unspecified atom stereocenters. The number of nitrogens with one attached hydrogen (secondary N) is 1. The van der Waals surface area contributed by atoms with Crippen LogP contribution in [0.15, 0.2) is 15.9 Å². The Morgan fingerprint density at radius 2 is 2.38 bits per heavy atom. The second kappa shape index (κ2) is 5.49. The smallest absolute Gasteiger partial charge is 0.186 e. The van der Waals surface area contributed by atoms with Crippen molar-refractivity contribution in [2.75, 3.05) is 19.7 Å². The Hall–Kier alpha value is -0.230. The molecule has 3 nitrogen and oxygen atoms in total. The van der Waals surface area contributed by atoms with Crippen LogP contribution in [0.2, 0.25) is 0 Å². The van der Waals surface area contributed by atoms with E-state index < -0.39 is 0 Å². The van der Waals surface area contributed by atoms with Crippen LogP contribution in [0.4, 0.5) is 0 Å². The summed E-state index contributed by atoms with van der Waals surface area (Å²) in [6, 6.07) is 3.64. The summed E-state index contributed by atoms with van der Waals surface area (Å²) in [6.45, 7) is 0.799. The van der Waals surface area contributed by atoms with Crippen LogP contribution < -0.4 is 5.32 Å². The number of hydrogen-bond acceptors (Lipinski definition) is 4. The minimum atomic E-state index is 0.0570. The maximum Gasteiger partial charge on any atom is 0.186 e. The number of carbonyl (C=O) groups excluding carboxylic acids is 1. The van der Waals surface area contributed by atoms with Crippen LogP contribution in [0.1, 0.15) is 9.67 Å². The van der Waals surface area contributed by atoms with E-state index in [1.807, 2.05) is 6.07 Å². The van der Waals surface area contributed by atoms with Crippen LogP contribution in [0.5, 0.6) is 0 Å². The van der Waals surface area contributed by atoms with E-state index in [1.54, 1.807) is 6.07 Å². The van der Waals surface area contributed by atoms with E-state index in [0.717, 1.165) is 8.66 Å². The summed E-state index contributed by atoms with van der Waals surface area (Å²) in [6.07, 6.45) is 0. The number of rotatable bonds is 5. The molecule has 0 atom stereocenters. The van der Waals surface area contributed by atoms with Crippen molar-refractivity contribution in [2.24, 2.45) is 0 Å². The lowest BCUT2D eigenvalue weighted by Crippen LogP contribution is -2.25. The first-order valence-electron chi connectivity index (χ1n) is 3.84. The molecular formula is C8H10BrNO2S. The van der Waals surface area contributed by atoms with Gasteiger partial charge in [0.15, 0.2) is 5.78 Å². The standard InChI is InChI=1S/C8H10BrNO2S/c9-8-2-1-7(13-8)6(12)5-10-3-4-11/h1-2,10-11H,3-5H2. The molecule has 5 heteroatoms. The van der Waals surface area contributed by atoms with Crippen molar-refractivity contribution in [1.29, 1.82) is 0 Å². The van der Waals surface area contributed by atoms with E-state index in [1.165, 1.54) is 11.3 Å². The third-order valence-electron chi connectivity index (χ3n) is 1.42. The summed E-state index contributed by atoms with van der Waals surface area (Å²) in [7, 11) is 0. The molecular weight excluding hydrogens is 254 g/mol. The Balaban J connectivity index is 2.40. The van der Waals surface area contributed by atoms with Crippen molar-refractivity contribution in [3.63, 3.8) is 0 Å². The predicted octanol–water partition coefficient (Wildman–Crippen LogP) is 1.28. The van der Waals surface area contributed by atoms with Gasteiger partial charge in [-0.1, -0.05) is 0 Å². The van der Waals surface area contributed by atoms with E-state index in [2.05, 4.69) is 21.2 Å². The molecule has 0 aliphatic heterocycles. The summed E-state index contributed by atoms with van der Waals surface area (Å²) in [5, 5.41) is 11.3. The predicted molar refractivity (Wildman–Crippen MR) is 56.3 cm³/mol. The van der Waals surface area contributed by atoms with Gasteiger partial charge in [-0.05, 0) is 28.1 Å². The van der Waals surface area contributed by atoms with Gasteiger partial charge in [0.1, 0.15) is 0 Å². The van der Waals surface area contributed by atoms with Crippen LogP contribution in [-0.4, -0.2) is 30.6 Å². The number of halogens is 1. The molecule has 0 saturated carbocycles. The number of Topliss-reactive ketones (excluding diaryl/α,β-unsaturated/α-hetero) is 1. The number of thiophene rings is 1. The van der Waals surface area contributed by atoms with E-state index >= 15 is 0 Å². The molecule has 72 valence electrons. The van der Waals surface area contributed by atoms with Gasteiger partial charge in [-0.15, -0.1) is 11.3 Å². The number of aliphatic hydroxyl groups excluding tert-OH is 1. The average Bonchev–Trinajstić information content (AvgIpc) is 2.52. The highest BCUT2D eigenvalue weighted by Gasteiger charge is 2.07. The number of hydrogen-bond donors (Lipinski definition) is 2. The van der Waals surface area contributed by atoms with Gasteiger partial charge in [0.25, 0.3) is 0 Å². The highest BCUT2D eigenvalue weighted by Crippen LogP contribution is 2.21. The molecule has 0 bridgehead atoms. The molecule has 0 aliphatic carbocycles. The Kier molecular flexibility index (Phi) is 4.58. The second-order valence-electron chi connectivity index (χ2n) is 2.43. The lowest BCUT2D eigenvalue weighted by molar-refractivity contribution is 0.0993. The summed E-state index contributed by atoms with van der Waals surface area (Å²) >= 11 is 4.71. The van der Waals surface area contributed by atoms with Gasteiger partial charge in [-0.3, -0.25) is 4.79 Å². The molecule has 0 spiro atoms. The highest BCUT2D eigenvalue weighted by atomic mass is 79.9. The van der Waals surface area contributed by atoms with Crippen LogP contribution in [-0.2, 0) is 0 Å². The molecule has 0 aliphatic rings. The van der Waals surface area contributed by atoms with Crippen molar-refractivity contribution in [3.8, 4) is 0 Å². The van der Waals surface area contributed by atoms with Gasteiger partial charge in [0.2, 0.25) is 0 Å². The Labute approximate surface area is 88.9 Å². The minimum absolute atomic E-state index is 0.0570. The van der Waals surface area contributed by atoms with Gasteiger partial charge in [0, 0.05) is 6.54 Å². The second-order valence-corrected chi connectivity index (χ2v) is 4.89. The van der Waals surface area contributed by atoms with Crippen molar-refractivity contribution < 1.29 is 9.90 Å². The van der Waals surface area contributed by atoms with Crippen molar-refractivity contribution in [2.45, 2.75) is 0 Å². The van der Waals surface area contributed by atoms with Crippen molar-refractivity contribution in [1.82, 2.24) is 5.32 Å². The van der Waals surface area contributed by atoms with Gasteiger partial charge < -0.3 is 10.4 Å². The Bertz CT molecular complexity index is 287. The molecule has 1 aromatic rings. The summed E-state index contributed by atoms with van der Waals surface area (Å²) < 4.78 is 0.956. The van der Waals surface area contributed by atoms with Crippen LogP contribution in [0, 0.1) is 0 Å². The number of carbonyl (C=O) groups is 1. The fourth-order valence-corrected chi connectivity index (χ4v) is 2.16. The van der Waals surface area contributed by atoms with Crippen molar-refractivity contribution >= 4 is 33.0 Å². The Morgan fingerprint density at radius 1 is 1.62 bits per heavy atom. The van der Waals surface area contributed by atoms with E-state index in [-0.39, 0.29) is 18.9 Å². The van der Waals surface area contributed by atoms with Gasteiger partial charge >= 0.3 is 0 Å². The molecule has 2 N–H and O–H groups in total. The summed E-state index contributed by atoms with van der Waals surface area (Å²) in [5.74, 6) is 0.0594. The fraction of sp³-hybridized carbons (Fsp3) is 0.375. The Morgan fingerprint density at radius 3 is 2.92 bits per heavy atom. The van der Waals surface area contributed by atoms with Gasteiger partial charge in [0.05, 0.1) is 21.8 Å². The van der Waals surface area contributed by atoms with Crippen molar-refractivity contribution in [3.05, 3.63) is 20.8 Å². The monoisotopic (exact) mass is 263 g/mol. The molecule has 0 fully saturated rings. The third kappa shape index (κ3) is 3.56. The van der Waals surface area contributed by atoms with Crippen LogP contribution in [0.3, 0.4) is 0 Å². The molecule has 0 radical (unpaired) electrons. The first kappa shape index (κ1) is 10.8. The van der Waals surface area contributed by atoms with E-state index in [4.69, 9.17) is 5.11 Å². The van der Waals surface area contributed by atoms with E-state index in [0.29, 0.717) is 6.54 Å². The maximum absolute atomic E-state index is 11.4. The summed E-state index contributed by atoms with van der Waals surface area (Å²) in [5.41, 5.74) is 0. The normalized spacial score (nSPS) is 10.3. The fourth-order valence-electron chi connectivity index (χ4n) is 0.832. The molecule has 1 rings (SSSR count). The largest absolute Gasteiger partial charge is 0.395 e. The molecule has 0 aromatic carbocycles. The molecule has 1 aromatic heterocycles. The maximum atomic E-state index is 11.4. The topological polar surface area (TPSA) is 49.3 Å². The molecule has 0 amide bonds. The zero-order chi connectivity index (χ0) is 9.68. The molecule has 13 heavy (non-hydrogen) atoms. The SMILES string of the molecule is O=C(CNCCO)c1ccc(Br)s1. The third-order valence-corrected chi connectivity index (χ3v) is 3.09. The van der Waals surface area contributed by atoms with Crippen LogP contribution in [0.25, 0.3) is 0 Å².